The minimum atomic E-state index is -0.186. The van der Waals surface area contributed by atoms with Gasteiger partial charge in [0.2, 0.25) is 0 Å². The van der Waals surface area contributed by atoms with Crippen molar-refractivity contribution in [3.05, 3.63) is 29.6 Å². The number of urea groups is 1. The molecule has 0 spiro atoms. The highest BCUT2D eigenvalue weighted by atomic mass is 16.2. The molecule has 0 aliphatic rings. The zero-order chi connectivity index (χ0) is 14.5. The standard InChI is InChI=1S/C15H20N4O/c1-4-5-8-16-15(20)19-12-6-7-13-14(9-12)18-11(3)10(2)17-13/h6-7,9H,4-5,8H2,1-3H3,(H2,16,19,20). The van der Waals surface area contributed by atoms with Crippen molar-refractivity contribution in [1.29, 1.82) is 0 Å². The van der Waals surface area contributed by atoms with Gasteiger partial charge in [0.15, 0.2) is 0 Å². The molecule has 0 bridgehead atoms. The monoisotopic (exact) mass is 272 g/mol. The van der Waals surface area contributed by atoms with Crippen LogP contribution in [0, 0.1) is 13.8 Å². The van der Waals surface area contributed by atoms with Gasteiger partial charge in [0, 0.05) is 12.2 Å². The highest BCUT2D eigenvalue weighted by molar-refractivity contribution is 5.91. The summed E-state index contributed by atoms with van der Waals surface area (Å²) < 4.78 is 0. The first-order valence-corrected chi connectivity index (χ1v) is 6.90. The molecule has 0 fully saturated rings. The van der Waals surface area contributed by atoms with Gasteiger partial charge in [-0.2, -0.15) is 0 Å². The van der Waals surface area contributed by atoms with Gasteiger partial charge in [-0.1, -0.05) is 13.3 Å². The molecule has 0 atom stereocenters. The summed E-state index contributed by atoms with van der Waals surface area (Å²) >= 11 is 0. The summed E-state index contributed by atoms with van der Waals surface area (Å²) in [6.07, 6.45) is 2.04. The Hall–Kier alpha value is -2.17. The Kier molecular flexibility index (Phi) is 4.50. The zero-order valence-corrected chi connectivity index (χ0v) is 12.2. The van der Waals surface area contributed by atoms with E-state index in [1.54, 1.807) is 0 Å². The first-order chi connectivity index (χ1) is 9.60. The number of amides is 2. The second-order valence-electron chi connectivity index (χ2n) is 4.83. The fourth-order valence-electron chi connectivity index (χ4n) is 1.86. The van der Waals surface area contributed by atoms with Crippen LogP contribution >= 0.6 is 0 Å². The third-order valence-corrected chi connectivity index (χ3v) is 3.15. The first-order valence-electron chi connectivity index (χ1n) is 6.90. The number of nitrogens with zero attached hydrogens (tertiary/aromatic N) is 2. The number of carbonyl (C=O) groups excluding carboxylic acids is 1. The number of aromatic nitrogens is 2. The molecule has 0 saturated carbocycles. The number of carbonyl (C=O) groups is 1. The third kappa shape index (κ3) is 3.44. The molecule has 5 nitrogen and oxygen atoms in total. The highest BCUT2D eigenvalue weighted by Gasteiger charge is 2.05. The number of rotatable bonds is 4. The fraction of sp³-hybridized carbons (Fsp3) is 0.400. The van der Waals surface area contributed by atoms with Crippen LogP contribution in [0.5, 0.6) is 0 Å². The van der Waals surface area contributed by atoms with E-state index in [1.165, 1.54) is 0 Å². The van der Waals surface area contributed by atoms with Crippen LogP contribution in [0.15, 0.2) is 18.2 Å². The van der Waals surface area contributed by atoms with Crippen molar-refractivity contribution in [2.24, 2.45) is 0 Å². The molecule has 0 saturated heterocycles. The minimum absolute atomic E-state index is 0.186. The zero-order valence-electron chi connectivity index (χ0n) is 12.2. The summed E-state index contributed by atoms with van der Waals surface area (Å²) in [6.45, 7) is 6.65. The van der Waals surface area contributed by atoms with E-state index in [0.29, 0.717) is 6.54 Å². The molecule has 0 aliphatic heterocycles. The van der Waals surface area contributed by atoms with Crippen LogP contribution in [0.4, 0.5) is 10.5 Å². The normalized spacial score (nSPS) is 10.6. The predicted octanol–water partition coefficient (Wildman–Crippen LogP) is 3.17. The van der Waals surface area contributed by atoms with Gasteiger partial charge in [-0.3, -0.25) is 0 Å². The van der Waals surface area contributed by atoms with Crippen molar-refractivity contribution in [3.8, 4) is 0 Å². The average Bonchev–Trinajstić information content (AvgIpc) is 2.41. The first kappa shape index (κ1) is 14.2. The van der Waals surface area contributed by atoms with Gasteiger partial charge < -0.3 is 10.6 Å². The molecule has 0 radical (unpaired) electrons. The SMILES string of the molecule is CCCCNC(=O)Nc1ccc2nc(C)c(C)nc2c1. The predicted molar refractivity (Wildman–Crippen MR) is 80.9 cm³/mol. The van der Waals surface area contributed by atoms with E-state index in [9.17, 15) is 4.79 Å². The Morgan fingerprint density at radius 1 is 1.15 bits per heavy atom. The van der Waals surface area contributed by atoms with Gasteiger partial charge in [-0.05, 0) is 38.5 Å². The number of hydrogen-bond donors (Lipinski definition) is 2. The second kappa shape index (κ2) is 6.32. The molecule has 1 aromatic heterocycles. The largest absolute Gasteiger partial charge is 0.338 e. The number of benzene rings is 1. The van der Waals surface area contributed by atoms with Crippen LogP contribution < -0.4 is 10.6 Å². The van der Waals surface area contributed by atoms with Crippen LogP contribution in [0.1, 0.15) is 31.2 Å². The van der Waals surface area contributed by atoms with Crippen molar-refractivity contribution in [3.63, 3.8) is 0 Å². The molecule has 20 heavy (non-hydrogen) atoms. The summed E-state index contributed by atoms with van der Waals surface area (Å²) in [6, 6.07) is 5.37. The van der Waals surface area contributed by atoms with Crippen molar-refractivity contribution in [1.82, 2.24) is 15.3 Å². The molecule has 2 N–H and O–H groups in total. The van der Waals surface area contributed by atoms with Gasteiger partial charge in [0.25, 0.3) is 0 Å². The Balaban J connectivity index is 2.11. The van der Waals surface area contributed by atoms with Gasteiger partial charge in [0.05, 0.1) is 22.4 Å². The summed E-state index contributed by atoms with van der Waals surface area (Å²) in [5, 5.41) is 5.62. The molecule has 2 aromatic rings. The Bertz CT molecular complexity index is 625. The Morgan fingerprint density at radius 3 is 2.55 bits per heavy atom. The number of unbranched alkanes of at least 4 members (excludes halogenated alkanes) is 1. The van der Waals surface area contributed by atoms with E-state index < -0.39 is 0 Å². The summed E-state index contributed by atoms with van der Waals surface area (Å²) in [5.41, 5.74) is 4.19. The molecule has 0 unspecified atom stereocenters. The lowest BCUT2D eigenvalue weighted by molar-refractivity contribution is 0.252. The van der Waals surface area contributed by atoms with E-state index in [1.807, 2.05) is 32.0 Å². The smallest absolute Gasteiger partial charge is 0.319 e. The lowest BCUT2D eigenvalue weighted by Gasteiger charge is -2.08. The topological polar surface area (TPSA) is 66.9 Å². The van der Waals surface area contributed by atoms with Crippen molar-refractivity contribution in [2.45, 2.75) is 33.6 Å². The van der Waals surface area contributed by atoms with Crippen LogP contribution in [0.3, 0.4) is 0 Å². The van der Waals surface area contributed by atoms with Crippen LogP contribution in [0.2, 0.25) is 0 Å². The summed E-state index contributed by atoms with van der Waals surface area (Å²) in [7, 11) is 0. The molecular formula is C15H20N4O. The molecule has 106 valence electrons. The molecule has 1 aromatic carbocycles. The molecule has 2 rings (SSSR count). The lowest BCUT2D eigenvalue weighted by atomic mass is 10.2. The van der Waals surface area contributed by atoms with E-state index in [-0.39, 0.29) is 6.03 Å². The fourth-order valence-corrected chi connectivity index (χ4v) is 1.86. The molecule has 2 amide bonds. The Labute approximate surface area is 118 Å². The van der Waals surface area contributed by atoms with Crippen LogP contribution in [0.25, 0.3) is 11.0 Å². The van der Waals surface area contributed by atoms with Crippen LogP contribution in [-0.4, -0.2) is 22.5 Å². The number of anilines is 1. The minimum Gasteiger partial charge on any atom is -0.338 e. The molecule has 0 aliphatic carbocycles. The van der Waals surface area contributed by atoms with E-state index in [0.717, 1.165) is 41.0 Å². The van der Waals surface area contributed by atoms with Crippen molar-refractivity contribution in [2.75, 3.05) is 11.9 Å². The van der Waals surface area contributed by atoms with E-state index >= 15 is 0 Å². The third-order valence-electron chi connectivity index (χ3n) is 3.15. The van der Waals surface area contributed by atoms with Gasteiger partial charge in [-0.15, -0.1) is 0 Å². The van der Waals surface area contributed by atoms with Crippen LogP contribution in [-0.2, 0) is 0 Å². The maximum absolute atomic E-state index is 11.7. The number of hydrogen-bond acceptors (Lipinski definition) is 3. The van der Waals surface area contributed by atoms with Gasteiger partial charge in [-0.25, -0.2) is 14.8 Å². The molecule has 5 heteroatoms. The lowest BCUT2D eigenvalue weighted by Crippen LogP contribution is -2.29. The van der Waals surface area contributed by atoms with Crippen molar-refractivity contribution >= 4 is 22.8 Å². The maximum atomic E-state index is 11.7. The Morgan fingerprint density at radius 2 is 1.85 bits per heavy atom. The van der Waals surface area contributed by atoms with Gasteiger partial charge >= 0.3 is 6.03 Å². The number of nitrogens with one attached hydrogen (secondary N) is 2. The molecule has 1 heterocycles. The molecular weight excluding hydrogens is 252 g/mol. The van der Waals surface area contributed by atoms with E-state index in [2.05, 4.69) is 27.5 Å². The number of aryl methyl sites for hydroxylation is 2. The maximum Gasteiger partial charge on any atom is 0.319 e. The quantitative estimate of drug-likeness (QED) is 0.840. The highest BCUT2D eigenvalue weighted by Crippen LogP contribution is 2.17. The van der Waals surface area contributed by atoms with Gasteiger partial charge in [0.1, 0.15) is 0 Å². The second-order valence-corrected chi connectivity index (χ2v) is 4.83. The average molecular weight is 272 g/mol. The van der Waals surface area contributed by atoms with E-state index in [4.69, 9.17) is 0 Å². The summed E-state index contributed by atoms with van der Waals surface area (Å²) in [4.78, 5) is 20.6. The number of fused-ring (bicyclic) bond motifs is 1. The summed E-state index contributed by atoms with van der Waals surface area (Å²) in [5.74, 6) is 0. The van der Waals surface area contributed by atoms with Crippen molar-refractivity contribution < 1.29 is 4.79 Å².